The molecule has 1 amide bonds. The van der Waals surface area contributed by atoms with Gasteiger partial charge in [0.25, 0.3) is 5.91 Å². The lowest BCUT2D eigenvalue weighted by molar-refractivity contribution is 0.0724. The first-order chi connectivity index (χ1) is 17.2. The summed E-state index contributed by atoms with van der Waals surface area (Å²) in [4.78, 5) is 15.1. The smallest absolute Gasteiger partial charge is 0.253 e. The number of hydrogen-bond acceptors (Lipinski definition) is 2. The number of carbonyl (C=O) groups excluding carboxylic acids is 1. The highest BCUT2D eigenvalue weighted by Gasteiger charge is 2.20. The van der Waals surface area contributed by atoms with Gasteiger partial charge in [-0.3, -0.25) is 4.79 Å². The number of halogens is 1. The summed E-state index contributed by atoms with van der Waals surface area (Å²) < 4.78 is 6.22. The average molecular weight is 488 g/mol. The summed E-state index contributed by atoms with van der Waals surface area (Å²) in [7, 11) is 0. The molecule has 3 aromatic carbocycles. The van der Waals surface area contributed by atoms with E-state index in [0.29, 0.717) is 17.5 Å². The molecule has 0 bridgehead atoms. The molecular formula is C31H34ClNO2. The van der Waals surface area contributed by atoms with Crippen molar-refractivity contribution in [3.05, 3.63) is 88.4 Å². The Morgan fingerprint density at radius 1 is 0.829 bits per heavy atom. The Morgan fingerprint density at radius 3 is 2.23 bits per heavy atom. The molecule has 1 aliphatic heterocycles. The van der Waals surface area contributed by atoms with E-state index in [-0.39, 0.29) is 5.91 Å². The predicted molar refractivity (Wildman–Crippen MR) is 143 cm³/mol. The highest BCUT2D eigenvalue weighted by Crippen LogP contribution is 2.34. The second-order valence-electron chi connectivity index (χ2n) is 9.92. The first-order valence-corrected chi connectivity index (χ1v) is 13.5. The number of carbonyl (C=O) groups is 1. The summed E-state index contributed by atoms with van der Waals surface area (Å²) in [5.41, 5.74) is 5.27. The maximum Gasteiger partial charge on any atom is 0.253 e. The average Bonchev–Trinajstić information content (AvgIpc) is 2.93. The monoisotopic (exact) mass is 487 g/mol. The molecule has 0 N–H and O–H groups in total. The highest BCUT2D eigenvalue weighted by atomic mass is 35.5. The van der Waals surface area contributed by atoms with Crippen LogP contribution >= 0.6 is 11.6 Å². The Hall–Kier alpha value is -2.78. The summed E-state index contributed by atoms with van der Waals surface area (Å²) in [6.07, 6.45) is 10.0. The second kappa shape index (κ2) is 11.3. The molecule has 1 heterocycles. The van der Waals surface area contributed by atoms with Crippen LogP contribution in [0.25, 0.3) is 11.1 Å². The Bertz CT molecular complexity index is 1130. The molecule has 2 fully saturated rings. The minimum absolute atomic E-state index is 0.116. The van der Waals surface area contributed by atoms with Crippen molar-refractivity contribution in [3.8, 4) is 16.9 Å². The molecule has 4 heteroatoms. The van der Waals surface area contributed by atoms with Crippen LogP contribution in [-0.4, -0.2) is 23.9 Å². The van der Waals surface area contributed by atoms with Gasteiger partial charge in [0.15, 0.2) is 0 Å². The predicted octanol–water partition coefficient (Wildman–Crippen LogP) is 8.26. The van der Waals surface area contributed by atoms with Crippen LogP contribution in [0.5, 0.6) is 5.75 Å². The fraction of sp³-hybridized carbons (Fsp3) is 0.387. The van der Waals surface area contributed by atoms with E-state index in [1.165, 1.54) is 44.1 Å². The molecule has 5 rings (SSSR count). The number of hydrogen-bond donors (Lipinski definition) is 0. The zero-order valence-electron chi connectivity index (χ0n) is 20.3. The van der Waals surface area contributed by atoms with Gasteiger partial charge in [0.05, 0.1) is 0 Å². The first kappa shape index (κ1) is 23.9. The maximum absolute atomic E-state index is 13.2. The quantitative estimate of drug-likeness (QED) is 0.350. The lowest BCUT2D eigenvalue weighted by Crippen LogP contribution is -2.35. The van der Waals surface area contributed by atoms with Crippen molar-refractivity contribution in [2.24, 2.45) is 0 Å². The highest BCUT2D eigenvalue weighted by molar-refractivity contribution is 6.30. The standard InChI is InChI=1S/C31H34ClNO2/c32-28-15-11-25(12-16-28)30-21-26(31(34)33-19-5-2-6-20-33)9-10-27(30)22-35-29-17-13-24(14-18-29)23-7-3-1-4-8-23/h9-18,21,23H,1-8,19-20,22H2. The summed E-state index contributed by atoms with van der Waals surface area (Å²) in [6.45, 7) is 2.13. The van der Waals surface area contributed by atoms with Crippen molar-refractivity contribution < 1.29 is 9.53 Å². The molecule has 35 heavy (non-hydrogen) atoms. The van der Waals surface area contributed by atoms with Crippen molar-refractivity contribution in [1.82, 2.24) is 4.90 Å². The Balaban J connectivity index is 1.35. The van der Waals surface area contributed by atoms with Gasteiger partial charge in [-0.15, -0.1) is 0 Å². The Labute approximate surface area is 214 Å². The fourth-order valence-corrected chi connectivity index (χ4v) is 5.57. The van der Waals surface area contributed by atoms with Crippen LogP contribution in [0, 0.1) is 0 Å². The topological polar surface area (TPSA) is 29.5 Å². The van der Waals surface area contributed by atoms with Gasteiger partial charge < -0.3 is 9.64 Å². The Kier molecular flexibility index (Phi) is 7.73. The van der Waals surface area contributed by atoms with E-state index < -0.39 is 0 Å². The molecular weight excluding hydrogens is 454 g/mol. The summed E-state index contributed by atoms with van der Waals surface area (Å²) >= 11 is 6.15. The number of rotatable bonds is 6. The molecule has 3 aromatic rings. The molecule has 1 saturated heterocycles. The molecule has 0 unspecified atom stereocenters. The molecule has 182 valence electrons. The second-order valence-corrected chi connectivity index (χ2v) is 10.4. The third kappa shape index (κ3) is 5.90. The van der Waals surface area contributed by atoms with Crippen LogP contribution in [0.2, 0.25) is 5.02 Å². The number of amides is 1. The normalized spacial score (nSPS) is 16.8. The minimum atomic E-state index is 0.116. The van der Waals surface area contributed by atoms with Crippen molar-refractivity contribution >= 4 is 17.5 Å². The lowest BCUT2D eigenvalue weighted by Gasteiger charge is -2.27. The van der Waals surface area contributed by atoms with Crippen LogP contribution in [0.1, 0.15) is 78.8 Å². The largest absolute Gasteiger partial charge is 0.489 e. The number of likely N-dealkylation sites (tertiary alicyclic amines) is 1. The van der Waals surface area contributed by atoms with Gasteiger partial charge in [-0.25, -0.2) is 0 Å². The SMILES string of the molecule is O=C(c1ccc(COc2ccc(C3CCCCC3)cc2)c(-c2ccc(Cl)cc2)c1)N1CCCCC1. The molecule has 1 saturated carbocycles. The molecule has 3 nitrogen and oxygen atoms in total. The zero-order valence-corrected chi connectivity index (χ0v) is 21.1. The molecule has 0 aromatic heterocycles. The van der Waals surface area contributed by atoms with Crippen LogP contribution in [0.3, 0.4) is 0 Å². The molecule has 0 atom stereocenters. The summed E-state index contributed by atoms with van der Waals surface area (Å²) in [5, 5.41) is 0.699. The zero-order chi connectivity index (χ0) is 24.0. The summed E-state index contributed by atoms with van der Waals surface area (Å²) in [6, 6.07) is 22.5. The van der Waals surface area contributed by atoms with Crippen molar-refractivity contribution in [1.29, 1.82) is 0 Å². The van der Waals surface area contributed by atoms with E-state index in [4.69, 9.17) is 16.3 Å². The number of piperidine rings is 1. The Morgan fingerprint density at radius 2 is 1.51 bits per heavy atom. The van der Waals surface area contributed by atoms with Crippen molar-refractivity contribution in [2.75, 3.05) is 13.1 Å². The minimum Gasteiger partial charge on any atom is -0.489 e. The molecule has 0 spiro atoms. The molecule has 0 radical (unpaired) electrons. The number of ether oxygens (including phenoxy) is 1. The van der Waals surface area contributed by atoms with E-state index >= 15 is 0 Å². The fourth-order valence-electron chi connectivity index (χ4n) is 5.45. The third-order valence-electron chi connectivity index (χ3n) is 7.51. The van der Waals surface area contributed by atoms with Gasteiger partial charge in [-0.2, -0.15) is 0 Å². The van der Waals surface area contributed by atoms with Gasteiger partial charge in [0, 0.05) is 23.7 Å². The number of benzene rings is 3. The van der Waals surface area contributed by atoms with E-state index in [2.05, 4.69) is 24.3 Å². The number of nitrogens with zero attached hydrogens (tertiary/aromatic N) is 1. The van der Waals surface area contributed by atoms with Crippen LogP contribution in [0.15, 0.2) is 66.7 Å². The third-order valence-corrected chi connectivity index (χ3v) is 7.76. The molecule has 2 aliphatic rings. The molecule has 1 aliphatic carbocycles. The van der Waals surface area contributed by atoms with Crippen LogP contribution < -0.4 is 4.74 Å². The lowest BCUT2D eigenvalue weighted by atomic mass is 9.84. The van der Waals surface area contributed by atoms with Crippen molar-refractivity contribution in [2.45, 2.75) is 63.9 Å². The van der Waals surface area contributed by atoms with E-state index in [1.54, 1.807) is 0 Å². The van der Waals surface area contributed by atoms with Crippen molar-refractivity contribution in [3.63, 3.8) is 0 Å². The first-order valence-electron chi connectivity index (χ1n) is 13.1. The van der Waals surface area contributed by atoms with Crippen LogP contribution in [-0.2, 0) is 6.61 Å². The van der Waals surface area contributed by atoms with E-state index in [0.717, 1.165) is 53.9 Å². The summed E-state index contributed by atoms with van der Waals surface area (Å²) in [5.74, 6) is 1.69. The van der Waals surface area contributed by atoms with Gasteiger partial charge in [-0.05, 0) is 96.7 Å². The van der Waals surface area contributed by atoms with E-state index in [9.17, 15) is 4.79 Å². The maximum atomic E-state index is 13.2. The van der Waals surface area contributed by atoms with Gasteiger partial charge >= 0.3 is 0 Å². The van der Waals surface area contributed by atoms with Gasteiger partial charge in [0.1, 0.15) is 12.4 Å². The van der Waals surface area contributed by atoms with Gasteiger partial charge in [-0.1, -0.05) is 61.2 Å². The van der Waals surface area contributed by atoms with Crippen LogP contribution in [0.4, 0.5) is 0 Å². The van der Waals surface area contributed by atoms with E-state index in [1.807, 2.05) is 47.4 Å². The van der Waals surface area contributed by atoms with Gasteiger partial charge in [0.2, 0.25) is 0 Å².